The lowest BCUT2D eigenvalue weighted by atomic mass is 10.1. The zero-order valence-corrected chi connectivity index (χ0v) is 23.0. The van der Waals surface area contributed by atoms with E-state index in [4.69, 9.17) is 9.47 Å². The Morgan fingerprint density at radius 2 is 1.80 bits per heavy atom. The number of anilines is 1. The SMILES string of the molecule is COc1cccc(/C=C2/SC(=O)N(CC(=O)Nc3cccc(SC)c3)C2=O)c1Oc1ccc([N+](=O)[O-])cc1[N+](=O)[O-]. The van der Waals surface area contributed by atoms with Gasteiger partial charge in [-0.25, -0.2) is 0 Å². The molecule has 1 fully saturated rings. The Morgan fingerprint density at radius 1 is 1.05 bits per heavy atom. The normalized spacial score (nSPS) is 13.8. The fraction of sp³-hybridized carbons (Fsp3) is 0.115. The molecule has 1 N–H and O–H groups in total. The average Bonchev–Trinajstić information content (AvgIpc) is 3.20. The molecule has 0 spiro atoms. The monoisotopic (exact) mass is 596 g/mol. The van der Waals surface area contributed by atoms with E-state index in [9.17, 15) is 34.6 Å². The van der Waals surface area contributed by atoms with Crippen molar-refractivity contribution in [3.63, 3.8) is 0 Å². The van der Waals surface area contributed by atoms with Crippen LogP contribution in [0.5, 0.6) is 17.2 Å². The molecule has 210 valence electrons. The van der Waals surface area contributed by atoms with Crippen LogP contribution in [-0.4, -0.2) is 51.7 Å². The number of carbonyl (C=O) groups is 3. The molecule has 0 unspecified atom stereocenters. The predicted molar refractivity (Wildman–Crippen MR) is 152 cm³/mol. The van der Waals surface area contributed by atoms with Crippen molar-refractivity contribution in [2.75, 3.05) is 25.2 Å². The minimum absolute atomic E-state index is 0.0246. The maximum Gasteiger partial charge on any atom is 0.318 e. The molecule has 3 aromatic rings. The molecule has 0 radical (unpaired) electrons. The van der Waals surface area contributed by atoms with E-state index in [0.29, 0.717) is 17.4 Å². The molecule has 3 amide bonds. The van der Waals surface area contributed by atoms with Crippen LogP contribution in [0.15, 0.2) is 70.5 Å². The molecule has 41 heavy (non-hydrogen) atoms. The number of methoxy groups -OCH3 is 1. The van der Waals surface area contributed by atoms with E-state index in [2.05, 4.69) is 5.32 Å². The Kier molecular flexibility index (Phi) is 8.89. The molecule has 1 heterocycles. The summed E-state index contributed by atoms with van der Waals surface area (Å²) in [6.07, 6.45) is 3.22. The Hall–Kier alpha value is -4.89. The van der Waals surface area contributed by atoms with Gasteiger partial charge in [0, 0.05) is 22.2 Å². The first-order valence-electron chi connectivity index (χ1n) is 11.6. The number of nitro benzene ring substituents is 2. The maximum absolute atomic E-state index is 13.1. The van der Waals surface area contributed by atoms with E-state index >= 15 is 0 Å². The molecule has 0 bridgehead atoms. The molecule has 0 aromatic heterocycles. The van der Waals surface area contributed by atoms with Crippen LogP contribution < -0.4 is 14.8 Å². The summed E-state index contributed by atoms with van der Waals surface area (Å²) >= 11 is 2.10. The molecule has 3 aromatic carbocycles. The van der Waals surface area contributed by atoms with E-state index in [0.717, 1.165) is 28.0 Å². The third-order valence-corrected chi connectivity index (χ3v) is 7.24. The number of nitrogens with zero attached hydrogens (tertiary/aromatic N) is 3. The number of ether oxygens (including phenoxy) is 2. The van der Waals surface area contributed by atoms with E-state index < -0.39 is 44.8 Å². The van der Waals surface area contributed by atoms with Crippen LogP contribution in [0.1, 0.15) is 5.56 Å². The van der Waals surface area contributed by atoms with Crippen molar-refractivity contribution in [2.24, 2.45) is 0 Å². The van der Waals surface area contributed by atoms with Crippen LogP contribution in [-0.2, 0) is 9.59 Å². The molecule has 1 aliphatic rings. The van der Waals surface area contributed by atoms with Crippen molar-refractivity contribution >= 4 is 63.7 Å². The lowest BCUT2D eigenvalue weighted by Crippen LogP contribution is -2.36. The van der Waals surface area contributed by atoms with E-state index in [1.165, 1.54) is 37.1 Å². The Morgan fingerprint density at radius 3 is 2.49 bits per heavy atom. The average molecular weight is 597 g/mol. The van der Waals surface area contributed by atoms with Gasteiger partial charge in [-0.2, -0.15) is 0 Å². The second-order valence-electron chi connectivity index (χ2n) is 8.19. The molecule has 13 nitrogen and oxygen atoms in total. The van der Waals surface area contributed by atoms with Crippen LogP contribution in [0.3, 0.4) is 0 Å². The number of benzene rings is 3. The molecule has 4 rings (SSSR count). The van der Waals surface area contributed by atoms with E-state index in [1.54, 1.807) is 24.3 Å². The lowest BCUT2D eigenvalue weighted by Gasteiger charge is -2.14. The van der Waals surface area contributed by atoms with Gasteiger partial charge in [0.05, 0.1) is 27.9 Å². The smallest absolute Gasteiger partial charge is 0.318 e. The highest BCUT2D eigenvalue weighted by Gasteiger charge is 2.36. The fourth-order valence-electron chi connectivity index (χ4n) is 3.70. The first-order chi connectivity index (χ1) is 19.6. The van der Waals surface area contributed by atoms with Crippen molar-refractivity contribution < 1.29 is 33.7 Å². The molecular weight excluding hydrogens is 576 g/mol. The van der Waals surface area contributed by atoms with Gasteiger partial charge in [-0.15, -0.1) is 11.8 Å². The van der Waals surface area contributed by atoms with Gasteiger partial charge in [0.2, 0.25) is 11.7 Å². The number of non-ortho nitro benzene ring substituents is 1. The second-order valence-corrected chi connectivity index (χ2v) is 10.1. The van der Waals surface area contributed by atoms with Gasteiger partial charge in [-0.3, -0.25) is 39.5 Å². The van der Waals surface area contributed by atoms with Crippen LogP contribution in [0.2, 0.25) is 0 Å². The number of thioether (sulfide) groups is 2. The highest BCUT2D eigenvalue weighted by atomic mass is 32.2. The number of imide groups is 1. The molecule has 0 saturated carbocycles. The molecular formula is C26H20N4O9S2. The van der Waals surface area contributed by atoms with Gasteiger partial charge in [0.25, 0.3) is 16.8 Å². The number of nitrogens with one attached hydrogen (secondary N) is 1. The standard InChI is InChI=1S/C26H20N4O9S2/c1-38-21-8-3-5-15(24(21)39-20-10-9-17(29(34)35)13-19(20)30(36)37)11-22-25(32)28(26(33)41-22)14-23(31)27-16-6-4-7-18(12-16)40-2/h3-13H,14H2,1-2H3,(H,27,31)/b22-11+. The fourth-order valence-corrected chi connectivity index (χ4v) is 4.99. The van der Waals surface area contributed by atoms with Crippen molar-refractivity contribution in [2.45, 2.75) is 4.90 Å². The number of nitro groups is 2. The van der Waals surface area contributed by atoms with E-state index in [-0.39, 0.29) is 27.7 Å². The highest BCUT2D eigenvalue weighted by Crippen LogP contribution is 2.42. The maximum atomic E-state index is 13.1. The summed E-state index contributed by atoms with van der Waals surface area (Å²) in [6.45, 7) is -0.512. The number of amides is 3. The Bertz CT molecular complexity index is 1610. The lowest BCUT2D eigenvalue weighted by molar-refractivity contribution is -0.394. The van der Waals surface area contributed by atoms with Gasteiger partial charge in [0.15, 0.2) is 11.5 Å². The van der Waals surface area contributed by atoms with Crippen molar-refractivity contribution in [1.82, 2.24) is 4.90 Å². The molecule has 1 saturated heterocycles. The third kappa shape index (κ3) is 6.64. The summed E-state index contributed by atoms with van der Waals surface area (Å²) in [4.78, 5) is 61.1. The first kappa shape index (κ1) is 29.1. The Balaban J connectivity index is 1.60. The molecule has 15 heteroatoms. The third-order valence-electron chi connectivity index (χ3n) is 5.61. The second kappa shape index (κ2) is 12.5. The van der Waals surface area contributed by atoms with Crippen molar-refractivity contribution in [3.8, 4) is 17.2 Å². The summed E-state index contributed by atoms with van der Waals surface area (Å²) in [7, 11) is 1.33. The summed E-state index contributed by atoms with van der Waals surface area (Å²) in [5.41, 5.74) is -0.423. The number of para-hydroxylation sites is 1. The van der Waals surface area contributed by atoms with Crippen LogP contribution in [0, 0.1) is 20.2 Å². The molecule has 0 atom stereocenters. The summed E-state index contributed by atoms with van der Waals surface area (Å²) in [5.74, 6) is -1.50. The van der Waals surface area contributed by atoms with Crippen LogP contribution in [0.4, 0.5) is 21.9 Å². The quantitative estimate of drug-likeness (QED) is 0.132. The largest absolute Gasteiger partial charge is 0.493 e. The van der Waals surface area contributed by atoms with Gasteiger partial charge in [-0.1, -0.05) is 18.2 Å². The highest BCUT2D eigenvalue weighted by molar-refractivity contribution is 8.18. The van der Waals surface area contributed by atoms with Gasteiger partial charge in [-0.05, 0) is 54.4 Å². The van der Waals surface area contributed by atoms with Gasteiger partial charge < -0.3 is 14.8 Å². The van der Waals surface area contributed by atoms with Gasteiger partial charge in [0.1, 0.15) is 6.54 Å². The van der Waals surface area contributed by atoms with E-state index in [1.807, 2.05) is 12.3 Å². The minimum Gasteiger partial charge on any atom is -0.493 e. The summed E-state index contributed by atoms with van der Waals surface area (Å²) < 4.78 is 11.1. The first-order valence-corrected chi connectivity index (χ1v) is 13.6. The topological polar surface area (TPSA) is 171 Å². The summed E-state index contributed by atoms with van der Waals surface area (Å²) in [6, 6.07) is 14.6. The Labute approximate surface area is 240 Å². The summed E-state index contributed by atoms with van der Waals surface area (Å²) in [5, 5.41) is 24.7. The van der Waals surface area contributed by atoms with Crippen LogP contribution >= 0.6 is 23.5 Å². The molecule has 1 aliphatic heterocycles. The van der Waals surface area contributed by atoms with Gasteiger partial charge >= 0.3 is 5.69 Å². The zero-order chi connectivity index (χ0) is 29.7. The number of hydrogen-bond acceptors (Lipinski definition) is 11. The number of rotatable bonds is 10. The van der Waals surface area contributed by atoms with Crippen LogP contribution in [0.25, 0.3) is 6.08 Å². The number of hydrogen-bond donors (Lipinski definition) is 1. The number of carbonyl (C=O) groups excluding carboxylic acids is 3. The van der Waals surface area contributed by atoms with Crippen molar-refractivity contribution in [1.29, 1.82) is 0 Å². The predicted octanol–water partition coefficient (Wildman–Crippen LogP) is 5.70. The minimum atomic E-state index is -0.828. The zero-order valence-electron chi connectivity index (χ0n) is 21.4. The van der Waals surface area contributed by atoms with Crippen molar-refractivity contribution in [3.05, 3.63) is 91.4 Å². The molecule has 0 aliphatic carbocycles.